The number of hydrogen-bond acceptors (Lipinski definition) is 6. The molecule has 0 aromatic carbocycles. The second kappa shape index (κ2) is 7.36. The topological polar surface area (TPSA) is 78.7 Å². The highest BCUT2D eigenvalue weighted by molar-refractivity contribution is 7.17. The van der Waals surface area contributed by atoms with E-state index in [-0.39, 0.29) is 23.3 Å². The molecule has 0 aliphatic carbocycles. The second-order valence-corrected chi connectivity index (χ2v) is 6.44. The maximum Gasteiger partial charge on any atom is 0.324 e. The molecule has 2 aliphatic rings. The minimum absolute atomic E-state index is 0. The number of nitro groups is 1. The van der Waals surface area contributed by atoms with E-state index >= 15 is 0 Å². The highest BCUT2D eigenvalue weighted by Gasteiger charge is 2.32. The highest BCUT2D eigenvalue weighted by Crippen LogP contribution is 2.27. The van der Waals surface area contributed by atoms with Gasteiger partial charge in [0.25, 0.3) is 5.91 Å². The number of piperazine rings is 1. The van der Waals surface area contributed by atoms with Crippen molar-refractivity contribution in [3.8, 4) is 0 Å². The van der Waals surface area contributed by atoms with Crippen molar-refractivity contribution in [2.24, 2.45) is 0 Å². The van der Waals surface area contributed by atoms with Crippen LogP contribution in [0.4, 0.5) is 5.00 Å². The number of likely N-dealkylation sites (tertiary alicyclic amines) is 1. The van der Waals surface area contributed by atoms with Gasteiger partial charge in [-0.05, 0) is 12.5 Å². The lowest BCUT2D eigenvalue weighted by atomic mass is 10.2. The predicted molar refractivity (Wildman–Crippen MR) is 87.0 cm³/mol. The Morgan fingerprint density at radius 3 is 2.68 bits per heavy atom. The van der Waals surface area contributed by atoms with Gasteiger partial charge < -0.3 is 10.2 Å². The van der Waals surface area contributed by atoms with E-state index in [2.05, 4.69) is 10.2 Å². The van der Waals surface area contributed by atoms with Crippen LogP contribution in [-0.4, -0.2) is 65.9 Å². The van der Waals surface area contributed by atoms with Gasteiger partial charge >= 0.3 is 5.00 Å². The fraction of sp³-hybridized carbons (Fsp3) is 0.615. The molecular formula is C13H19ClN4O3S. The van der Waals surface area contributed by atoms with Crippen LogP contribution >= 0.6 is 23.7 Å². The molecule has 1 N–H and O–H groups in total. The van der Waals surface area contributed by atoms with Gasteiger partial charge in [-0.3, -0.25) is 19.8 Å². The number of carbonyl (C=O) groups is 1. The summed E-state index contributed by atoms with van der Waals surface area (Å²) in [5, 5.41) is 14.0. The summed E-state index contributed by atoms with van der Waals surface area (Å²) in [6.45, 7) is 5.52. The van der Waals surface area contributed by atoms with Gasteiger partial charge in [0.15, 0.2) is 0 Å². The van der Waals surface area contributed by atoms with Gasteiger partial charge in [0.2, 0.25) is 0 Å². The summed E-state index contributed by atoms with van der Waals surface area (Å²) in [4.78, 5) is 27.4. The second-order valence-electron chi connectivity index (χ2n) is 5.37. The monoisotopic (exact) mass is 346 g/mol. The number of carbonyl (C=O) groups excluding carboxylic acids is 1. The molecule has 1 atom stereocenters. The van der Waals surface area contributed by atoms with E-state index in [0.29, 0.717) is 10.9 Å². The molecule has 122 valence electrons. The third-order valence-electron chi connectivity index (χ3n) is 4.10. The van der Waals surface area contributed by atoms with Gasteiger partial charge in [-0.1, -0.05) is 11.3 Å². The van der Waals surface area contributed by atoms with Crippen molar-refractivity contribution in [1.29, 1.82) is 0 Å². The summed E-state index contributed by atoms with van der Waals surface area (Å²) in [5.74, 6) is -0.0780. The van der Waals surface area contributed by atoms with E-state index in [4.69, 9.17) is 0 Å². The minimum atomic E-state index is -0.449. The van der Waals surface area contributed by atoms with Crippen molar-refractivity contribution < 1.29 is 9.72 Å². The Kier molecular flexibility index (Phi) is 5.74. The number of rotatable bonds is 3. The molecule has 2 fully saturated rings. The molecule has 2 saturated heterocycles. The number of hydrogen-bond donors (Lipinski definition) is 1. The Labute approximate surface area is 138 Å². The Hall–Kier alpha value is -1.22. The van der Waals surface area contributed by atoms with Gasteiger partial charge in [0, 0.05) is 51.4 Å². The quantitative estimate of drug-likeness (QED) is 0.657. The first-order chi connectivity index (χ1) is 10.1. The van der Waals surface area contributed by atoms with Crippen LogP contribution in [0.1, 0.15) is 16.1 Å². The summed E-state index contributed by atoms with van der Waals surface area (Å²) in [7, 11) is 0. The molecule has 0 spiro atoms. The third-order valence-corrected chi connectivity index (χ3v) is 5.13. The zero-order valence-electron chi connectivity index (χ0n) is 12.1. The molecule has 0 saturated carbocycles. The van der Waals surface area contributed by atoms with Gasteiger partial charge in [0.1, 0.15) is 0 Å². The normalized spacial score (nSPS) is 22.4. The molecule has 3 heterocycles. The van der Waals surface area contributed by atoms with E-state index in [0.717, 1.165) is 57.0 Å². The highest BCUT2D eigenvalue weighted by atomic mass is 35.5. The van der Waals surface area contributed by atoms with Crippen molar-refractivity contribution in [1.82, 2.24) is 15.1 Å². The lowest BCUT2D eigenvalue weighted by molar-refractivity contribution is -0.380. The molecule has 3 rings (SSSR count). The van der Waals surface area contributed by atoms with Crippen molar-refractivity contribution in [3.05, 3.63) is 27.1 Å². The fourth-order valence-corrected chi connectivity index (χ4v) is 3.76. The molecule has 7 nitrogen and oxygen atoms in total. The molecular weight excluding hydrogens is 328 g/mol. The van der Waals surface area contributed by atoms with E-state index in [1.54, 1.807) is 6.07 Å². The third kappa shape index (κ3) is 3.57. The molecule has 0 radical (unpaired) electrons. The molecule has 22 heavy (non-hydrogen) atoms. The SMILES string of the molecule is Cl.O=C(c1ccc([N+](=O)[O-])s1)N1CCC(N2CCNCC2)C1. The van der Waals surface area contributed by atoms with Gasteiger partial charge in [-0.2, -0.15) is 0 Å². The van der Waals surface area contributed by atoms with Crippen molar-refractivity contribution in [2.45, 2.75) is 12.5 Å². The predicted octanol–water partition coefficient (Wildman–Crippen LogP) is 1.20. The smallest absolute Gasteiger partial charge is 0.324 e. The van der Waals surface area contributed by atoms with Crippen LogP contribution < -0.4 is 5.32 Å². The average Bonchev–Trinajstić information content (AvgIpc) is 3.17. The van der Waals surface area contributed by atoms with E-state index in [1.807, 2.05) is 4.90 Å². The minimum Gasteiger partial charge on any atom is -0.336 e. The molecule has 0 bridgehead atoms. The maximum absolute atomic E-state index is 12.4. The Bertz CT molecular complexity index is 547. The summed E-state index contributed by atoms with van der Waals surface area (Å²) < 4.78 is 0. The molecule has 1 aromatic rings. The molecule has 9 heteroatoms. The zero-order chi connectivity index (χ0) is 14.8. The van der Waals surface area contributed by atoms with Crippen LogP contribution in [-0.2, 0) is 0 Å². The molecule has 2 aliphatic heterocycles. The van der Waals surface area contributed by atoms with E-state index in [1.165, 1.54) is 6.07 Å². The standard InChI is InChI=1S/C13H18N4O3S.ClH/c18-13(11-1-2-12(21-11)17(19)20)16-6-3-10(9-16)15-7-4-14-5-8-15;/h1-2,10,14H,3-9H2;1H. The van der Waals surface area contributed by atoms with E-state index < -0.39 is 4.92 Å². The van der Waals surface area contributed by atoms with Gasteiger partial charge in [-0.25, -0.2) is 0 Å². The van der Waals surface area contributed by atoms with Crippen LogP contribution in [0.15, 0.2) is 12.1 Å². The first-order valence-corrected chi connectivity index (χ1v) is 7.95. The summed E-state index contributed by atoms with van der Waals surface area (Å²) >= 11 is 0.959. The first kappa shape index (κ1) is 17.1. The molecule has 1 amide bonds. The maximum atomic E-state index is 12.4. The van der Waals surface area contributed by atoms with E-state index in [9.17, 15) is 14.9 Å². The number of halogens is 1. The number of amides is 1. The summed E-state index contributed by atoms with van der Waals surface area (Å²) in [5.41, 5.74) is 0. The average molecular weight is 347 g/mol. The fourth-order valence-electron chi connectivity index (χ4n) is 2.97. The molecule has 1 aromatic heterocycles. The Morgan fingerprint density at radius 1 is 1.32 bits per heavy atom. The summed E-state index contributed by atoms with van der Waals surface area (Å²) in [6.07, 6.45) is 0.985. The summed E-state index contributed by atoms with van der Waals surface area (Å²) in [6, 6.07) is 3.39. The molecule has 1 unspecified atom stereocenters. The van der Waals surface area contributed by atoms with Crippen molar-refractivity contribution in [2.75, 3.05) is 39.3 Å². The van der Waals surface area contributed by atoms with Crippen molar-refractivity contribution in [3.63, 3.8) is 0 Å². The van der Waals surface area contributed by atoms with Crippen LogP contribution in [0.25, 0.3) is 0 Å². The van der Waals surface area contributed by atoms with Gasteiger partial charge in [-0.15, -0.1) is 12.4 Å². The van der Waals surface area contributed by atoms with Crippen LogP contribution in [0, 0.1) is 10.1 Å². The first-order valence-electron chi connectivity index (χ1n) is 7.13. The number of nitrogens with zero attached hydrogens (tertiary/aromatic N) is 3. The zero-order valence-corrected chi connectivity index (χ0v) is 13.7. The lowest BCUT2D eigenvalue weighted by Crippen LogP contribution is -2.49. The Morgan fingerprint density at radius 2 is 2.05 bits per heavy atom. The lowest BCUT2D eigenvalue weighted by Gasteiger charge is -2.32. The van der Waals surface area contributed by atoms with Crippen LogP contribution in [0.2, 0.25) is 0 Å². The largest absolute Gasteiger partial charge is 0.336 e. The van der Waals surface area contributed by atoms with Crippen LogP contribution in [0.3, 0.4) is 0 Å². The number of thiophene rings is 1. The Balaban J connectivity index is 0.00000176. The van der Waals surface area contributed by atoms with Crippen LogP contribution in [0.5, 0.6) is 0 Å². The van der Waals surface area contributed by atoms with Crippen molar-refractivity contribution >= 4 is 34.7 Å². The number of nitrogens with one attached hydrogen (secondary N) is 1. The van der Waals surface area contributed by atoms with Gasteiger partial charge in [0.05, 0.1) is 9.80 Å².